The molecule has 29 heavy (non-hydrogen) atoms. The topological polar surface area (TPSA) is 92.9 Å². The van der Waals surface area contributed by atoms with Gasteiger partial charge in [0.2, 0.25) is 0 Å². The highest BCUT2D eigenvalue weighted by Crippen LogP contribution is 2.48. The summed E-state index contributed by atoms with van der Waals surface area (Å²) in [5.74, 6) is -0.158. The van der Waals surface area contributed by atoms with Gasteiger partial charge >= 0.3 is 6.09 Å². The average Bonchev–Trinajstić information content (AvgIpc) is 3.12. The van der Waals surface area contributed by atoms with E-state index < -0.39 is 22.7 Å². The first-order valence-electron chi connectivity index (χ1n) is 9.78. The zero-order valence-corrected chi connectivity index (χ0v) is 16.4. The Kier molecular flexibility index (Phi) is 4.78. The molecular weight excluding hydrogens is 372 g/mol. The van der Waals surface area contributed by atoms with Gasteiger partial charge in [0.15, 0.2) is 0 Å². The Balaban J connectivity index is 1.67. The van der Waals surface area contributed by atoms with Crippen molar-refractivity contribution in [3.63, 3.8) is 0 Å². The van der Waals surface area contributed by atoms with Gasteiger partial charge in [-0.2, -0.15) is 0 Å². The number of hydrogen-bond donors (Lipinski definition) is 1. The number of nitrogens with zero attached hydrogens (tertiary/aromatic N) is 2. The largest absolute Gasteiger partial charge is 0.443 e. The molecule has 2 aliphatic rings. The Labute approximate surface area is 169 Å². The second kappa shape index (κ2) is 7.15. The summed E-state index contributed by atoms with van der Waals surface area (Å²) in [5, 5.41) is 21.9. The highest BCUT2D eigenvalue weighted by atomic mass is 16.6. The first kappa shape index (κ1) is 19.4. The fourth-order valence-corrected chi connectivity index (χ4v) is 4.88. The van der Waals surface area contributed by atoms with Gasteiger partial charge in [-0.3, -0.25) is 15.0 Å². The fraction of sp³-hybridized carbons (Fsp3) is 0.409. The minimum Gasteiger partial charge on any atom is -0.443 e. The summed E-state index contributed by atoms with van der Waals surface area (Å²) in [6.45, 7) is 3.74. The first-order valence-corrected chi connectivity index (χ1v) is 9.78. The molecule has 0 bridgehead atoms. The van der Waals surface area contributed by atoms with Crippen molar-refractivity contribution < 1.29 is 19.6 Å². The average molecular weight is 396 g/mol. The summed E-state index contributed by atoms with van der Waals surface area (Å²) in [6.07, 6.45) is 0.174. The normalized spacial score (nSPS) is 26.5. The van der Waals surface area contributed by atoms with Gasteiger partial charge in [0.1, 0.15) is 5.60 Å². The zero-order valence-electron chi connectivity index (χ0n) is 16.4. The lowest BCUT2D eigenvalue weighted by Gasteiger charge is -2.48. The Morgan fingerprint density at radius 2 is 1.79 bits per heavy atom. The molecule has 1 N–H and O–H groups in total. The Hall–Kier alpha value is -2.93. The van der Waals surface area contributed by atoms with E-state index in [0.717, 1.165) is 17.5 Å². The van der Waals surface area contributed by atoms with Crippen LogP contribution in [0, 0.1) is 10.1 Å². The van der Waals surface area contributed by atoms with Gasteiger partial charge in [0, 0.05) is 24.1 Å². The van der Waals surface area contributed by atoms with Crippen LogP contribution >= 0.6 is 0 Å². The molecule has 0 spiro atoms. The molecule has 2 aliphatic heterocycles. The van der Waals surface area contributed by atoms with E-state index in [9.17, 15) is 20.0 Å². The standard InChI is InChI=1S/C22H24N2O5/c1-22(2)19(14-8-10-16(11-9-14)24(27)28)17-12-13-18(23(17)21(26)29-22)20(25)15-6-4-3-5-7-15/h3-11,17-20,25H,12-13H2,1-2H3/t17-,18?,19?,20+/m0/s1. The SMILES string of the molecule is CC1(C)OC(=O)N2C([C@H](O)c3ccccc3)CC[C@H]2C1c1ccc([N+](=O)[O-])cc1. The molecule has 0 radical (unpaired) electrons. The van der Waals surface area contributed by atoms with Gasteiger partial charge < -0.3 is 9.84 Å². The number of fused-ring (bicyclic) bond motifs is 1. The Morgan fingerprint density at radius 3 is 2.41 bits per heavy atom. The molecule has 4 rings (SSSR count). The second-order valence-corrected chi connectivity index (χ2v) is 8.27. The summed E-state index contributed by atoms with van der Waals surface area (Å²) >= 11 is 0. The predicted octanol–water partition coefficient (Wildman–Crippen LogP) is 4.17. The van der Waals surface area contributed by atoms with E-state index in [-0.39, 0.29) is 23.7 Å². The van der Waals surface area contributed by atoms with E-state index in [2.05, 4.69) is 0 Å². The number of carbonyl (C=O) groups is 1. The lowest BCUT2D eigenvalue weighted by molar-refractivity contribution is -0.384. The van der Waals surface area contributed by atoms with Gasteiger partial charge in [-0.15, -0.1) is 0 Å². The number of aliphatic hydroxyl groups is 1. The van der Waals surface area contributed by atoms with Crippen LogP contribution < -0.4 is 0 Å². The van der Waals surface area contributed by atoms with Gasteiger partial charge in [0.05, 0.1) is 17.1 Å². The van der Waals surface area contributed by atoms with Gasteiger partial charge in [-0.05, 0) is 37.8 Å². The van der Waals surface area contributed by atoms with Crippen molar-refractivity contribution in [1.82, 2.24) is 4.90 Å². The number of carbonyl (C=O) groups excluding carboxylic acids is 1. The number of amides is 1. The molecule has 0 aliphatic carbocycles. The number of nitro groups is 1. The number of cyclic esters (lactones) is 1. The van der Waals surface area contributed by atoms with Crippen LogP contribution in [0.1, 0.15) is 49.8 Å². The third kappa shape index (κ3) is 3.35. The van der Waals surface area contributed by atoms with Crippen molar-refractivity contribution in [2.45, 2.75) is 56.4 Å². The van der Waals surface area contributed by atoms with Crippen molar-refractivity contribution in [2.75, 3.05) is 0 Å². The molecule has 7 heteroatoms. The quantitative estimate of drug-likeness (QED) is 0.618. The zero-order chi connectivity index (χ0) is 20.8. The molecule has 0 aromatic heterocycles. The van der Waals surface area contributed by atoms with Crippen LogP contribution in [0.25, 0.3) is 0 Å². The van der Waals surface area contributed by atoms with Crippen LogP contribution in [-0.4, -0.2) is 38.7 Å². The fourth-order valence-electron chi connectivity index (χ4n) is 4.88. The number of nitro benzene ring substituents is 1. The minimum atomic E-state index is -0.799. The summed E-state index contributed by atoms with van der Waals surface area (Å²) in [7, 11) is 0. The van der Waals surface area contributed by atoms with Gasteiger partial charge in [-0.25, -0.2) is 4.79 Å². The molecule has 2 aromatic carbocycles. The smallest absolute Gasteiger partial charge is 0.410 e. The monoisotopic (exact) mass is 396 g/mol. The molecule has 2 saturated heterocycles. The predicted molar refractivity (Wildman–Crippen MR) is 106 cm³/mol. The van der Waals surface area contributed by atoms with Crippen molar-refractivity contribution in [3.8, 4) is 0 Å². The highest BCUT2D eigenvalue weighted by Gasteiger charge is 2.55. The van der Waals surface area contributed by atoms with E-state index in [1.165, 1.54) is 12.1 Å². The van der Waals surface area contributed by atoms with Gasteiger partial charge in [0.25, 0.3) is 5.69 Å². The second-order valence-electron chi connectivity index (χ2n) is 8.27. The molecule has 1 amide bonds. The molecule has 7 nitrogen and oxygen atoms in total. The Bertz CT molecular complexity index is 913. The molecule has 4 atom stereocenters. The van der Waals surface area contributed by atoms with Crippen molar-refractivity contribution in [2.24, 2.45) is 0 Å². The Morgan fingerprint density at radius 1 is 1.14 bits per heavy atom. The van der Waals surface area contributed by atoms with Crippen LogP contribution in [0.4, 0.5) is 10.5 Å². The molecule has 2 heterocycles. The van der Waals surface area contributed by atoms with E-state index >= 15 is 0 Å². The summed E-state index contributed by atoms with van der Waals surface area (Å²) in [6, 6.07) is 15.2. The van der Waals surface area contributed by atoms with E-state index in [1.807, 2.05) is 44.2 Å². The third-order valence-electron chi connectivity index (χ3n) is 6.14. The molecule has 152 valence electrons. The molecule has 0 saturated carbocycles. The molecular formula is C22H24N2O5. The maximum atomic E-state index is 12.9. The summed E-state index contributed by atoms with van der Waals surface area (Å²) in [4.78, 5) is 25.1. The third-order valence-corrected chi connectivity index (χ3v) is 6.14. The van der Waals surface area contributed by atoms with E-state index in [4.69, 9.17) is 4.74 Å². The number of rotatable bonds is 4. The van der Waals surface area contributed by atoms with Crippen molar-refractivity contribution in [3.05, 3.63) is 75.8 Å². The van der Waals surface area contributed by atoms with Crippen LogP contribution in [0.5, 0.6) is 0 Å². The minimum absolute atomic E-state index is 0.0278. The van der Waals surface area contributed by atoms with Crippen LogP contribution in [-0.2, 0) is 4.74 Å². The number of aliphatic hydroxyl groups excluding tert-OH is 1. The molecule has 2 unspecified atom stereocenters. The van der Waals surface area contributed by atoms with Crippen LogP contribution in [0.2, 0.25) is 0 Å². The first-order chi connectivity index (χ1) is 13.8. The molecule has 2 aromatic rings. The lowest BCUT2D eigenvalue weighted by atomic mass is 9.77. The number of hydrogen-bond acceptors (Lipinski definition) is 5. The molecule has 2 fully saturated rings. The number of benzene rings is 2. The number of ether oxygens (including phenoxy) is 1. The van der Waals surface area contributed by atoms with Crippen LogP contribution in [0.15, 0.2) is 54.6 Å². The number of non-ortho nitro benzene ring substituents is 1. The van der Waals surface area contributed by atoms with E-state index in [0.29, 0.717) is 6.42 Å². The van der Waals surface area contributed by atoms with E-state index in [1.54, 1.807) is 17.0 Å². The maximum absolute atomic E-state index is 12.9. The lowest BCUT2D eigenvalue weighted by Crippen LogP contribution is -2.58. The van der Waals surface area contributed by atoms with Crippen molar-refractivity contribution >= 4 is 11.8 Å². The van der Waals surface area contributed by atoms with Gasteiger partial charge in [-0.1, -0.05) is 42.5 Å². The highest BCUT2D eigenvalue weighted by molar-refractivity contribution is 5.71. The van der Waals surface area contributed by atoms with Crippen molar-refractivity contribution in [1.29, 1.82) is 0 Å². The van der Waals surface area contributed by atoms with Crippen LogP contribution in [0.3, 0.4) is 0 Å². The summed E-state index contributed by atoms with van der Waals surface area (Å²) in [5.41, 5.74) is 0.918. The summed E-state index contributed by atoms with van der Waals surface area (Å²) < 4.78 is 5.79. The maximum Gasteiger partial charge on any atom is 0.410 e.